The Hall–Kier alpha value is -3.23. The number of aliphatic imine (C=N–C) groups is 1. The van der Waals surface area contributed by atoms with Crippen LogP contribution in [-0.2, 0) is 11.2 Å². The van der Waals surface area contributed by atoms with Gasteiger partial charge >= 0.3 is 0 Å². The Bertz CT molecular complexity index is 1560. The summed E-state index contributed by atoms with van der Waals surface area (Å²) in [4.78, 5) is 22.9. The number of amides is 1. The number of hydrogen-bond acceptors (Lipinski definition) is 6. The van der Waals surface area contributed by atoms with Crippen LogP contribution >= 0.6 is 34.8 Å². The van der Waals surface area contributed by atoms with Crippen molar-refractivity contribution in [3.63, 3.8) is 0 Å². The number of hydrogen-bond donors (Lipinski definition) is 1. The number of rotatable bonds is 6. The Balaban J connectivity index is 1.69. The predicted octanol–water partition coefficient (Wildman–Crippen LogP) is 7.17. The molecule has 3 aromatic carbocycles. The zero-order chi connectivity index (χ0) is 30.1. The smallest absolute Gasteiger partial charge is 0.246 e. The van der Waals surface area contributed by atoms with Crippen molar-refractivity contribution in [2.45, 2.75) is 39.1 Å². The van der Waals surface area contributed by atoms with E-state index in [-0.39, 0.29) is 11.9 Å². The third kappa shape index (κ3) is 5.59. The van der Waals surface area contributed by atoms with Gasteiger partial charge in [-0.05, 0) is 49.2 Å². The Morgan fingerprint density at radius 3 is 2.52 bits per heavy atom. The summed E-state index contributed by atoms with van der Waals surface area (Å²) in [6.07, 6.45) is 1.91. The third-order valence-electron chi connectivity index (χ3n) is 7.74. The first-order valence-corrected chi connectivity index (χ1v) is 15.0. The summed E-state index contributed by atoms with van der Waals surface area (Å²) in [5.74, 6) is 1.05. The van der Waals surface area contributed by atoms with Gasteiger partial charge in [0.05, 0.1) is 22.8 Å². The summed E-state index contributed by atoms with van der Waals surface area (Å²) >= 11 is 20.2. The number of amidine groups is 1. The standard InChI is InChI=1S/C32H33Cl3N4O3/c1-5-9-20-10-7-8-11-27(20)39-28-17-22(23-14-21(42-4)15-26(34)30(23)35)25(33)16-24(28)31(36-32(39)41)38-13-12-37(18-19(38)3)29(40)6-2/h6-8,10-11,14-17,19,32,41H,2,5,9,12-13,18H2,1,3-4H3/t19-,32?/m0/s1. The third-order valence-corrected chi connectivity index (χ3v) is 8.85. The van der Waals surface area contributed by atoms with Crippen LogP contribution in [0.4, 0.5) is 11.4 Å². The van der Waals surface area contributed by atoms with Crippen molar-refractivity contribution < 1.29 is 14.6 Å². The maximum absolute atomic E-state index is 12.3. The lowest BCUT2D eigenvalue weighted by molar-refractivity contribution is -0.128. The molecule has 0 aliphatic carbocycles. The number of carbonyl (C=O) groups excluding carboxylic acids is 1. The molecule has 0 spiro atoms. The second-order valence-electron chi connectivity index (χ2n) is 10.4. The predicted molar refractivity (Wildman–Crippen MR) is 172 cm³/mol. The Kier molecular flexibility index (Phi) is 9.04. The number of para-hydroxylation sites is 1. The van der Waals surface area contributed by atoms with Crippen molar-refractivity contribution in [1.82, 2.24) is 9.80 Å². The summed E-state index contributed by atoms with van der Waals surface area (Å²) in [5, 5.41) is 12.8. The van der Waals surface area contributed by atoms with E-state index in [2.05, 4.69) is 24.5 Å². The molecule has 0 aromatic heterocycles. The number of ether oxygens (including phenoxy) is 1. The summed E-state index contributed by atoms with van der Waals surface area (Å²) in [5.41, 5.74) is 4.69. The quantitative estimate of drug-likeness (QED) is 0.294. The van der Waals surface area contributed by atoms with Crippen LogP contribution in [0.5, 0.6) is 5.75 Å². The fraction of sp³-hybridized carbons (Fsp3) is 0.312. The fourth-order valence-electron chi connectivity index (χ4n) is 5.70. The molecule has 10 heteroatoms. The van der Waals surface area contributed by atoms with Crippen molar-refractivity contribution in [1.29, 1.82) is 0 Å². The molecular formula is C32H33Cl3N4O3. The highest BCUT2D eigenvalue weighted by atomic mass is 35.5. The highest BCUT2D eigenvalue weighted by Crippen LogP contribution is 2.46. The van der Waals surface area contributed by atoms with Crippen molar-refractivity contribution in [3.05, 3.63) is 87.4 Å². The minimum atomic E-state index is -1.20. The molecule has 1 amide bonds. The lowest BCUT2D eigenvalue weighted by atomic mass is 9.97. The first kappa shape index (κ1) is 30.2. The van der Waals surface area contributed by atoms with Gasteiger partial charge < -0.3 is 19.6 Å². The van der Waals surface area contributed by atoms with Gasteiger partial charge in [-0.15, -0.1) is 0 Å². The Morgan fingerprint density at radius 1 is 1.07 bits per heavy atom. The summed E-state index contributed by atoms with van der Waals surface area (Å²) in [6, 6.07) is 15.2. The van der Waals surface area contributed by atoms with Gasteiger partial charge in [0, 0.05) is 59.1 Å². The number of carbonyl (C=O) groups is 1. The molecule has 3 aromatic rings. The van der Waals surface area contributed by atoms with Crippen LogP contribution in [-0.4, -0.2) is 65.8 Å². The van der Waals surface area contributed by atoms with E-state index in [9.17, 15) is 9.90 Å². The van der Waals surface area contributed by atoms with Gasteiger partial charge in [0.1, 0.15) is 11.6 Å². The summed E-state index contributed by atoms with van der Waals surface area (Å²) < 4.78 is 5.46. The number of aliphatic hydroxyl groups is 1. The van der Waals surface area contributed by atoms with Gasteiger partial charge in [0.25, 0.3) is 0 Å². The molecule has 0 bridgehead atoms. The van der Waals surface area contributed by atoms with E-state index in [0.29, 0.717) is 57.4 Å². The van der Waals surface area contributed by atoms with E-state index in [0.717, 1.165) is 35.3 Å². The van der Waals surface area contributed by atoms with E-state index in [1.165, 1.54) is 6.08 Å². The second kappa shape index (κ2) is 12.6. The summed E-state index contributed by atoms with van der Waals surface area (Å²) in [7, 11) is 1.56. The van der Waals surface area contributed by atoms with E-state index >= 15 is 0 Å². The number of methoxy groups -OCH3 is 1. The van der Waals surface area contributed by atoms with Gasteiger partial charge in [0.2, 0.25) is 12.3 Å². The molecule has 220 valence electrons. The SMILES string of the molecule is C=CC(=O)N1CCN(C2=NC(O)N(c3ccccc3CCC)c3cc(-c4cc(OC)cc(Cl)c4Cl)c(Cl)cc32)[C@@H](C)C1. The maximum atomic E-state index is 12.3. The number of fused-ring (bicyclic) bond motifs is 1. The van der Waals surface area contributed by atoms with Crippen molar-refractivity contribution in [2.24, 2.45) is 4.99 Å². The summed E-state index contributed by atoms with van der Waals surface area (Å²) in [6.45, 7) is 9.33. The van der Waals surface area contributed by atoms with Crippen LogP contribution < -0.4 is 9.64 Å². The van der Waals surface area contributed by atoms with Crippen LogP contribution in [0.15, 0.2) is 66.2 Å². The molecule has 1 saturated heterocycles. The molecule has 1 unspecified atom stereocenters. The van der Waals surface area contributed by atoms with Gasteiger partial charge in [-0.3, -0.25) is 9.69 Å². The van der Waals surface area contributed by atoms with Crippen LogP contribution in [0.2, 0.25) is 15.1 Å². The van der Waals surface area contributed by atoms with Gasteiger partial charge in [-0.1, -0.05) is 72.9 Å². The molecule has 1 N–H and O–H groups in total. The average molecular weight is 628 g/mol. The number of halogens is 3. The number of nitrogens with zero attached hydrogens (tertiary/aromatic N) is 4. The van der Waals surface area contributed by atoms with E-state index in [1.54, 1.807) is 24.1 Å². The maximum Gasteiger partial charge on any atom is 0.246 e. The molecule has 2 aliphatic rings. The lowest BCUT2D eigenvalue weighted by Crippen LogP contribution is -2.56. The first-order valence-electron chi connectivity index (χ1n) is 13.9. The highest BCUT2D eigenvalue weighted by molar-refractivity contribution is 6.44. The zero-order valence-electron chi connectivity index (χ0n) is 23.8. The first-order chi connectivity index (χ1) is 20.2. The van der Waals surface area contributed by atoms with Crippen LogP contribution in [0.1, 0.15) is 31.4 Å². The minimum absolute atomic E-state index is 0.0644. The normalized spacial score (nSPS) is 18.5. The molecule has 7 nitrogen and oxygen atoms in total. The number of aryl methyl sites for hydroxylation is 1. The molecule has 2 atom stereocenters. The Labute approximate surface area is 261 Å². The van der Waals surface area contributed by atoms with Crippen molar-refractivity contribution >= 4 is 57.9 Å². The van der Waals surface area contributed by atoms with Crippen molar-refractivity contribution in [2.75, 3.05) is 31.6 Å². The monoisotopic (exact) mass is 626 g/mol. The van der Waals surface area contributed by atoms with E-state index in [1.807, 2.05) is 42.2 Å². The minimum Gasteiger partial charge on any atom is -0.497 e. The number of benzene rings is 3. The van der Waals surface area contributed by atoms with Gasteiger partial charge in [-0.2, -0.15) is 0 Å². The topological polar surface area (TPSA) is 68.6 Å². The molecular weight excluding hydrogens is 595 g/mol. The Morgan fingerprint density at radius 2 is 1.83 bits per heavy atom. The fourth-order valence-corrected chi connectivity index (χ4v) is 6.38. The number of piperazine rings is 1. The highest BCUT2D eigenvalue weighted by Gasteiger charge is 2.36. The zero-order valence-corrected chi connectivity index (χ0v) is 26.0. The van der Waals surface area contributed by atoms with E-state index in [4.69, 9.17) is 44.5 Å². The molecule has 42 heavy (non-hydrogen) atoms. The molecule has 1 fully saturated rings. The lowest BCUT2D eigenvalue weighted by Gasteiger charge is -2.44. The average Bonchev–Trinajstić information content (AvgIpc) is 2.98. The van der Waals surface area contributed by atoms with Gasteiger partial charge in [0.15, 0.2) is 0 Å². The van der Waals surface area contributed by atoms with Crippen LogP contribution in [0.3, 0.4) is 0 Å². The molecule has 0 radical (unpaired) electrons. The largest absolute Gasteiger partial charge is 0.497 e. The van der Waals surface area contributed by atoms with Crippen molar-refractivity contribution in [3.8, 4) is 16.9 Å². The number of aliphatic hydroxyl groups excluding tert-OH is 1. The van der Waals surface area contributed by atoms with Crippen LogP contribution in [0, 0.1) is 0 Å². The van der Waals surface area contributed by atoms with Crippen LogP contribution in [0.25, 0.3) is 11.1 Å². The molecule has 5 rings (SSSR count). The van der Waals surface area contributed by atoms with E-state index < -0.39 is 6.35 Å². The molecule has 0 saturated carbocycles. The number of anilines is 2. The van der Waals surface area contributed by atoms with Gasteiger partial charge in [-0.25, -0.2) is 4.99 Å². The molecule has 2 aliphatic heterocycles. The molecule has 2 heterocycles. The second-order valence-corrected chi connectivity index (χ2v) is 11.6.